The number of amides is 1. The topological polar surface area (TPSA) is 43.3 Å². The molecule has 0 aromatic carbocycles. The van der Waals surface area contributed by atoms with E-state index in [1.54, 1.807) is 0 Å². The van der Waals surface area contributed by atoms with Gasteiger partial charge in [0.2, 0.25) is 0 Å². The van der Waals surface area contributed by atoms with Gasteiger partial charge in [-0.3, -0.25) is 4.79 Å². The van der Waals surface area contributed by atoms with E-state index in [0.29, 0.717) is 18.3 Å². The maximum atomic E-state index is 12.0. The molecule has 0 atom stereocenters. The number of nitrogens with zero attached hydrogens (tertiary/aromatic N) is 1. The number of carbonyl (C=O) groups is 1. The summed E-state index contributed by atoms with van der Waals surface area (Å²) in [5.74, 6) is -0.0316. The van der Waals surface area contributed by atoms with E-state index in [9.17, 15) is 4.79 Å². The number of ether oxygens (including phenoxy) is 1. The first kappa shape index (κ1) is 15.6. The van der Waals surface area contributed by atoms with Crippen LogP contribution in [0.25, 0.3) is 0 Å². The molecule has 4 nitrogen and oxygen atoms in total. The Hall–Kier alpha value is -0.810. The number of halogens is 1. The summed E-state index contributed by atoms with van der Waals surface area (Å²) >= 11 is 3.37. The molecule has 112 valence electrons. The first-order valence-corrected chi connectivity index (χ1v) is 8.18. The van der Waals surface area contributed by atoms with Crippen molar-refractivity contribution in [1.29, 1.82) is 0 Å². The van der Waals surface area contributed by atoms with E-state index in [1.807, 2.05) is 23.9 Å². The average Bonchev–Trinajstić information content (AvgIpc) is 2.78. The summed E-state index contributed by atoms with van der Waals surface area (Å²) in [6.07, 6.45) is 9.53. The van der Waals surface area contributed by atoms with Crippen molar-refractivity contribution in [1.82, 2.24) is 9.88 Å². The molecule has 1 amide bonds. The van der Waals surface area contributed by atoms with Gasteiger partial charge in [0.15, 0.2) is 0 Å². The van der Waals surface area contributed by atoms with Gasteiger partial charge in [0, 0.05) is 30.9 Å². The Morgan fingerprint density at radius 1 is 1.45 bits per heavy atom. The molecule has 2 rings (SSSR count). The number of hydrogen-bond acceptors (Lipinski definition) is 2. The van der Waals surface area contributed by atoms with Crippen molar-refractivity contribution in [3.63, 3.8) is 0 Å². The van der Waals surface area contributed by atoms with Crippen molar-refractivity contribution in [3.05, 3.63) is 22.4 Å². The lowest BCUT2D eigenvalue weighted by molar-refractivity contribution is 0.0273. The summed E-state index contributed by atoms with van der Waals surface area (Å²) in [7, 11) is 1.87. The van der Waals surface area contributed by atoms with Crippen molar-refractivity contribution < 1.29 is 9.53 Å². The van der Waals surface area contributed by atoms with Crippen LogP contribution >= 0.6 is 15.9 Å². The van der Waals surface area contributed by atoms with Gasteiger partial charge in [0.25, 0.3) is 5.91 Å². The van der Waals surface area contributed by atoms with Gasteiger partial charge < -0.3 is 14.6 Å². The zero-order valence-corrected chi connectivity index (χ0v) is 13.6. The predicted molar refractivity (Wildman–Crippen MR) is 82.9 cm³/mol. The van der Waals surface area contributed by atoms with Crippen LogP contribution in [0.3, 0.4) is 0 Å². The highest BCUT2D eigenvalue weighted by Crippen LogP contribution is 2.20. The van der Waals surface area contributed by atoms with Crippen LogP contribution in [0.2, 0.25) is 0 Å². The second kappa shape index (κ2) is 7.84. The van der Waals surface area contributed by atoms with Crippen molar-refractivity contribution >= 4 is 21.8 Å². The van der Waals surface area contributed by atoms with E-state index in [0.717, 1.165) is 17.5 Å². The standard InChI is InChI=1S/C15H23BrN2O2/c1-18-11-12(16)10-14(18)15(19)17-8-5-9-20-13-6-3-2-4-7-13/h10-11,13H,2-9H2,1H3,(H,17,19). The van der Waals surface area contributed by atoms with Gasteiger partial charge in [-0.25, -0.2) is 0 Å². The molecule has 0 spiro atoms. The minimum absolute atomic E-state index is 0.0316. The van der Waals surface area contributed by atoms with Crippen molar-refractivity contribution in [2.75, 3.05) is 13.2 Å². The molecule has 1 N–H and O–H groups in total. The van der Waals surface area contributed by atoms with Gasteiger partial charge in [-0.15, -0.1) is 0 Å². The number of carbonyl (C=O) groups excluding carboxylic acids is 1. The summed E-state index contributed by atoms with van der Waals surface area (Å²) in [6, 6.07) is 1.83. The lowest BCUT2D eigenvalue weighted by atomic mass is 9.98. The average molecular weight is 343 g/mol. The number of rotatable bonds is 6. The monoisotopic (exact) mass is 342 g/mol. The van der Waals surface area contributed by atoms with Gasteiger partial charge in [-0.1, -0.05) is 19.3 Å². The van der Waals surface area contributed by atoms with Gasteiger partial charge in [-0.05, 0) is 41.3 Å². The molecular weight excluding hydrogens is 320 g/mol. The third kappa shape index (κ3) is 4.63. The Bertz CT molecular complexity index is 439. The molecule has 1 fully saturated rings. The molecule has 0 unspecified atom stereocenters. The second-order valence-electron chi connectivity index (χ2n) is 5.39. The van der Waals surface area contributed by atoms with E-state index in [2.05, 4.69) is 21.2 Å². The Balaban J connectivity index is 1.61. The lowest BCUT2D eigenvalue weighted by Gasteiger charge is -2.21. The largest absolute Gasteiger partial charge is 0.378 e. The molecule has 1 aromatic rings. The first-order chi connectivity index (χ1) is 9.66. The summed E-state index contributed by atoms with van der Waals surface area (Å²) in [5, 5.41) is 2.93. The highest BCUT2D eigenvalue weighted by Gasteiger charge is 2.13. The third-order valence-corrected chi connectivity index (χ3v) is 4.15. The van der Waals surface area contributed by atoms with Crippen molar-refractivity contribution in [3.8, 4) is 0 Å². The normalized spacial score (nSPS) is 16.3. The molecule has 1 heterocycles. The molecule has 1 aliphatic rings. The van der Waals surface area contributed by atoms with Crippen LogP contribution in [-0.2, 0) is 11.8 Å². The number of hydrogen-bond donors (Lipinski definition) is 1. The van der Waals surface area contributed by atoms with Gasteiger partial charge in [0.1, 0.15) is 5.69 Å². The Morgan fingerprint density at radius 2 is 2.20 bits per heavy atom. The molecule has 0 bridgehead atoms. The maximum absolute atomic E-state index is 12.0. The van der Waals surface area contributed by atoms with Crippen molar-refractivity contribution in [2.45, 2.75) is 44.6 Å². The maximum Gasteiger partial charge on any atom is 0.267 e. The molecule has 1 aromatic heterocycles. The molecule has 1 aliphatic carbocycles. The Morgan fingerprint density at radius 3 is 2.85 bits per heavy atom. The summed E-state index contributed by atoms with van der Waals surface area (Å²) < 4.78 is 8.57. The van der Waals surface area contributed by atoms with E-state index >= 15 is 0 Å². The van der Waals surface area contributed by atoms with Crippen LogP contribution < -0.4 is 5.32 Å². The van der Waals surface area contributed by atoms with Gasteiger partial charge in [-0.2, -0.15) is 0 Å². The summed E-state index contributed by atoms with van der Waals surface area (Å²) in [5.41, 5.74) is 0.671. The molecule has 5 heteroatoms. The predicted octanol–water partition coefficient (Wildman–Crippen LogP) is 3.26. The van der Waals surface area contributed by atoms with Crippen LogP contribution in [0, 0.1) is 0 Å². The fraction of sp³-hybridized carbons (Fsp3) is 0.667. The van der Waals surface area contributed by atoms with E-state index < -0.39 is 0 Å². The quantitative estimate of drug-likeness (QED) is 0.806. The van der Waals surface area contributed by atoms with Crippen LogP contribution in [0.4, 0.5) is 0 Å². The summed E-state index contributed by atoms with van der Waals surface area (Å²) in [6.45, 7) is 1.40. The van der Waals surface area contributed by atoms with Crippen molar-refractivity contribution in [2.24, 2.45) is 7.05 Å². The van der Waals surface area contributed by atoms with E-state index in [-0.39, 0.29) is 5.91 Å². The highest BCUT2D eigenvalue weighted by molar-refractivity contribution is 9.10. The molecule has 0 aliphatic heterocycles. The molecular formula is C15H23BrN2O2. The third-order valence-electron chi connectivity index (χ3n) is 3.72. The number of nitrogens with one attached hydrogen (secondary N) is 1. The molecule has 0 saturated heterocycles. The number of aromatic nitrogens is 1. The Labute approximate surface area is 129 Å². The van der Waals surface area contributed by atoms with Crippen LogP contribution in [0.1, 0.15) is 49.0 Å². The van der Waals surface area contributed by atoms with E-state index in [1.165, 1.54) is 32.1 Å². The molecule has 20 heavy (non-hydrogen) atoms. The minimum Gasteiger partial charge on any atom is -0.378 e. The van der Waals surface area contributed by atoms with Gasteiger partial charge >= 0.3 is 0 Å². The van der Waals surface area contributed by atoms with E-state index in [4.69, 9.17) is 4.74 Å². The van der Waals surface area contributed by atoms with Crippen LogP contribution in [0.15, 0.2) is 16.7 Å². The molecule has 1 saturated carbocycles. The van der Waals surface area contributed by atoms with Crippen LogP contribution in [-0.4, -0.2) is 29.7 Å². The Kier molecular flexibility index (Phi) is 6.10. The first-order valence-electron chi connectivity index (χ1n) is 7.38. The fourth-order valence-electron chi connectivity index (χ4n) is 2.60. The zero-order chi connectivity index (χ0) is 14.4. The lowest BCUT2D eigenvalue weighted by Crippen LogP contribution is -2.27. The van der Waals surface area contributed by atoms with Crippen LogP contribution in [0.5, 0.6) is 0 Å². The zero-order valence-electron chi connectivity index (χ0n) is 12.0. The molecule has 0 radical (unpaired) electrons. The highest BCUT2D eigenvalue weighted by atomic mass is 79.9. The smallest absolute Gasteiger partial charge is 0.267 e. The SMILES string of the molecule is Cn1cc(Br)cc1C(=O)NCCCOC1CCCCC1. The van der Waals surface area contributed by atoms with Gasteiger partial charge in [0.05, 0.1) is 6.10 Å². The second-order valence-corrected chi connectivity index (χ2v) is 6.31. The summed E-state index contributed by atoms with van der Waals surface area (Å²) in [4.78, 5) is 12.0. The number of aryl methyl sites for hydroxylation is 1. The minimum atomic E-state index is -0.0316. The fourth-order valence-corrected chi connectivity index (χ4v) is 3.12.